The third-order valence-electron chi connectivity index (χ3n) is 2.76. The van der Waals surface area contributed by atoms with Crippen molar-refractivity contribution in [2.45, 2.75) is 31.5 Å². The van der Waals surface area contributed by atoms with Gasteiger partial charge in [-0.1, -0.05) is 24.3 Å². The molecule has 3 heteroatoms. The first-order valence-electron chi connectivity index (χ1n) is 5.17. The molecule has 0 N–H and O–H groups in total. The summed E-state index contributed by atoms with van der Waals surface area (Å²) in [4.78, 5) is 0. The molecule has 0 fully saturated rings. The van der Waals surface area contributed by atoms with Crippen molar-refractivity contribution in [3.8, 4) is 6.07 Å². The van der Waals surface area contributed by atoms with Gasteiger partial charge in [0.05, 0.1) is 0 Å². The van der Waals surface area contributed by atoms with Crippen LogP contribution in [0.15, 0.2) is 24.3 Å². The molecule has 1 aliphatic rings. The number of fused-ring (bicyclic) bond motifs is 1. The van der Waals surface area contributed by atoms with Crippen LogP contribution in [0.3, 0.4) is 0 Å². The highest BCUT2D eigenvalue weighted by atomic mass is 28.3. The smallest absolute Gasteiger partial charge is 0.207 e. The van der Waals surface area contributed by atoms with E-state index in [1.54, 1.807) is 0 Å². The molecule has 2 rings (SSSR count). The first-order valence-corrected chi connectivity index (χ1v) is 7.57. The first kappa shape index (κ1) is 10.4. The average molecular weight is 216 g/mol. The number of hydrogen-bond acceptors (Lipinski definition) is 2. The normalized spacial score (nSPS) is 23.9. The SMILES string of the molecule is C[Si](C)OC1(C#N)CCc2ccccc21. The lowest BCUT2D eigenvalue weighted by molar-refractivity contribution is 0.130. The summed E-state index contributed by atoms with van der Waals surface area (Å²) in [5.74, 6) is 0. The number of nitriles is 1. The molecule has 77 valence electrons. The summed E-state index contributed by atoms with van der Waals surface area (Å²) in [5.41, 5.74) is 1.69. The summed E-state index contributed by atoms with van der Waals surface area (Å²) in [7, 11) is -0.851. The maximum Gasteiger partial charge on any atom is 0.207 e. The van der Waals surface area contributed by atoms with Crippen LogP contribution in [0.2, 0.25) is 13.1 Å². The molecule has 0 spiro atoms. The van der Waals surface area contributed by atoms with Crippen LogP contribution < -0.4 is 0 Å². The lowest BCUT2D eigenvalue weighted by Crippen LogP contribution is -2.30. The van der Waals surface area contributed by atoms with E-state index in [1.807, 2.05) is 18.2 Å². The van der Waals surface area contributed by atoms with Gasteiger partial charge >= 0.3 is 0 Å². The Morgan fingerprint density at radius 2 is 2.13 bits per heavy atom. The van der Waals surface area contributed by atoms with Crippen LogP contribution in [0.4, 0.5) is 0 Å². The predicted molar refractivity (Wildman–Crippen MR) is 60.6 cm³/mol. The molecule has 0 aliphatic heterocycles. The molecular weight excluding hydrogens is 202 g/mol. The summed E-state index contributed by atoms with van der Waals surface area (Å²) in [6, 6.07) is 10.5. The Labute approximate surface area is 92.2 Å². The van der Waals surface area contributed by atoms with E-state index in [0.29, 0.717) is 0 Å². The quantitative estimate of drug-likeness (QED) is 0.712. The molecule has 0 bridgehead atoms. The van der Waals surface area contributed by atoms with Crippen LogP contribution in [-0.4, -0.2) is 9.04 Å². The zero-order chi connectivity index (χ0) is 10.9. The Hall–Kier alpha value is -1.11. The Morgan fingerprint density at radius 3 is 2.80 bits per heavy atom. The molecule has 1 atom stereocenters. The van der Waals surface area contributed by atoms with Crippen LogP contribution >= 0.6 is 0 Å². The summed E-state index contributed by atoms with van der Waals surface area (Å²) in [5, 5.41) is 9.35. The summed E-state index contributed by atoms with van der Waals surface area (Å²) >= 11 is 0. The van der Waals surface area contributed by atoms with Gasteiger partial charge < -0.3 is 4.43 Å². The van der Waals surface area contributed by atoms with Crippen molar-refractivity contribution in [1.29, 1.82) is 5.26 Å². The number of benzene rings is 1. The zero-order valence-corrected chi connectivity index (χ0v) is 10.1. The Kier molecular flexibility index (Phi) is 2.64. The largest absolute Gasteiger partial charge is 0.396 e. The maximum absolute atomic E-state index is 9.35. The van der Waals surface area contributed by atoms with Crippen molar-refractivity contribution >= 4 is 9.04 Å². The van der Waals surface area contributed by atoms with Gasteiger partial charge in [0.1, 0.15) is 6.07 Å². The van der Waals surface area contributed by atoms with E-state index < -0.39 is 14.6 Å². The fourth-order valence-corrected chi connectivity index (χ4v) is 3.13. The van der Waals surface area contributed by atoms with E-state index >= 15 is 0 Å². The second-order valence-corrected chi connectivity index (χ2v) is 6.13. The van der Waals surface area contributed by atoms with Gasteiger partial charge in [-0.15, -0.1) is 0 Å². The fourth-order valence-electron chi connectivity index (χ4n) is 2.17. The molecule has 1 unspecified atom stereocenters. The first-order chi connectivity index (χ1) is 7.18. The second kappa shape index (κ2) is 3.80. The molecule has 0 amide bonds. The minimum absolute atomic E-state index is 0.658. The van der Waals surface area contributed by atoms with Crippen molar-refractivity contribution < 1.29 is 4.43 Å². The highest BCUT2D eigenvalue weighted by Gasteiger charge is 2.40. The third kappa shape index (κ3) is 1.71. The molecule has 1 aromatic rings. The van der Waals surface area contributed by atoms with Gasteiger partial charge in [-0.25, -0.2) is 0 Å². The molecule has 1 radical (unpaired) electrons. The van der Waals surface area contributed by atoms with Crippen LogP contribution in [0.5, 0.6) is 0 Å². The standard InChI is InChI=1S/C12H14NOSi/c1-15(2)14-12(9-13)8-7-10-5-3-4-6-11(10)12/h3-6H,7-8H2,1-2H3. The summed E-state index contributed by atoms with van der Waals surface area (Å²) in [6.07, 6.45) is 1.76. The topological polar surface area (TPSA) is 33.0 Å². The minimum Gasteiger partial charge on any atom is -0.396 e. The average Bonchev–Trinajstić information content (AvgIpc) is 2.58. The summed E-state index contributed by atoms with van der Waals surface area (Å²) in [6.45, 7) is 4.15. The third-order valence-corrected chi connectivity index (χ3v) is 3.51. The van der Waals surface area contributed by atoms with E-state index in [4.69, 9.17) is 4.43 Å². The molecule has 0 heterocycles. The van der Waals surface area contributed by atoms with E-state index in [2.05, 4.69) is 25.2 Å². The van der Waals surface area contributed by atoms with Gasteiger partial charge in [0.15, 0.2) is 5.60 Å². The van der Waals surface area contributed by atoms with Crippen LogP contribution in [0.25, 0.3) is 0 Å². The Morgan fingerprint density at radius 1 is 1.40 bits per heavy atom. The molecule has 0 saturated heterocycles. The van der Waals surface area contributed by atoms with E-state index in [1.165, 1.54) is 5.56 Å². The van der Waals surface area contributed by atoms with Crippen LogP contribution in [-0.2, 0) is 16.4 Å². The molecule has 0 aromatic heterocycles. The monoisotopic (exact) mass is 216 g/mol. The highest BCUT2D eigenvalue weighted by molar-refractivity contribution is 6.48. The van der Waals surface area contributed by atoms with Gasteiger partial charge in [-0.2, -0.15) is 5.26 Å². The molecule has 0 saturated carbocycles. The number of hydrogen-bond donors (Lipinski definition) is 0. The number of nitrogens with zero attached hydrogens (tertiary/aromatic N) is 1. The van der Waals surface area contributed by atoms with Crippen LogP contribution in [0, 0.1) is 11.3 Å². The van der Waals surface area contributed by atoms with E-state index in [0.717, 1.165) is 18.4 Å². The molecular formula is C12H14NOSi. The molecule has 2 nitrogen and oxygen atoms in total. The summed E-state index contributed by atoms with van der Waals surface area (Å²) < 4.78 is 5.92. The van der Waals surface area contributed by atoms with Crippen molar-refractivity contribution in [3.63, 3.8) is 0 Å². The molecule has 1 aromatic carbocycles. The Balaban J connectivity index is 2.42. The lowest BCUT2D eigenvalue weighted by atomic mass is 9.98. The molecule has 15 heavy (non-hydrogen) atoms. The highest BCUT2D eigenvalue weighted by Crippen LogP contribution is 2.39. The zero-order valence-electron chi connectivity index (χ0n) is 9.08. The number of rotatable bonds is 2. The van der Waals surface area contributed by atoms with Gasteiger partial charge in [0, 0.05) is 5.56 Å². The van der Waals surface area contributed by atoms with Crippen molar-refractivity contribution in [1.82, 2.24) is 0 Å². The van der Waals surface area contributed by atoms with E-state index in [-0.39, 0.29) is 0 Å². The van der Waals surface area contributed by atoms with Gasteiger partial charge in [-0.05, 0) is 31.5 Å². The van der Waals surface area contributed by atoms with Crippen molar-refractivity contribution in [2.75, 3.05) is 0 Å². The fraction of sp³-hybridized carbons (Fsp3) is 0.417. The number of aryl methyl sites for hydroxylation is 1. The Bertz CT molecular complexity index is 410. The second-order valence-electron chi connectivity index (χ2n) is 4.11. The van der Waals surface area contributed by atoms with Gasteiger partial charge in [-0.3, -0.25) is 0 Å². The van der Waals surface area contributed by atoms with Crippen molar-refractivity contribution in [2.24, 2.45) is 0 Å². The predicted octanol–water partition coefficient (Wildman–Crippen LogP) is 2.62. The molecule has 1 aliphatic carbocycles. The maximum atomic E-state index is 9.35. The lowest BCUT2D eigenvalue weighted by Gasteiger charge is -2.25. The van der Waals surface area contributed by atoms with E-state index in [9.17, 15) is 5.26 Å². The van der Waals surface area contributed by atoms with Crippen molar-refractivity contribution in [3.05, 3.63) is 35.4 Å². The van der Waals surface area contributed by atoms with Crippen LogP contribution in [0.1, 0.15) is 17.5 Å². The minimum atomic E-state index is -0.851. The van der Waals surface area contributed by atoms with Gasteiger partial charge in [0.2, 0.25) is 9.04 Å². The van der Waals surface area contributed by atoms with Gasteiger partial charge in [0.25, 0.3) is 0 Å².